The first-order valence-corrected chi connectivity index (χ1v) is 7.79. The minimum Gasteiger partial charge on any atom is -0.370 e. The molecule has 20 heavy (non-hydrogen) atoms. The quantitative estimate of drug-likeness (QED) is 0.867. The van der Waals surface area contributed by atoms with E-state index in [0.29, 0.717) is 16.5 Å². The monoisotopic (exact) mass is 295 g/mol. The number of nitrogens with one attached hydrogen (secondary N) is 1. The van der Waals surface area contributed by atoms with Gasteiger partial charge in [-0.2, -0.15) is 0 Å². The summed E-state index contributed by atoms with van der Waals surface area (Å²) in [4.78, 5) is 18.7. The van der Waals surface area contributed by atoms with Crippen molar-refractivity contribution in [3.05, 3.63) is 22.8 Å². The highest BCUT2D eigenvalue weighted by Gasteiger charge is 2.18. The van der Waals surface area contributed by atoms with Crippen molar-refractivity contribution in [3.63, 3.8) is 0 Å². The lowest BCUT2D eigenvalue weighted by Gasteiger charge is -2.25. The van der Waals surface area contributed by atoms with E-state index in [9.17, 15) is 4.79 Å². The number of hydrogen-bond donors (Lipinski definition) is 1. The summed E-state index contributed by atoms with van der Waals surface area (Å²) in [5.74, 6) is 0.728. The smallest absolute Gasteiger partial charge is 0.254 e. The van der Waals surface area contributed by atoms with Crippen LogP contribution in [0.15, 0.2) is 12.1 Å². The molecule has 1 saturated heterocycles. The average Bonchev–Trinajstić information content (AvgIpc) is 2.37. The second kappa shape index (κ2) is 7.48. The van der Waals surface area contributed by atoms with Crippen LogP contribution in [0.5, 0.6) is 0 Å². The predicted octanol–water partition coefficient (Wildman–Crippen LogP) is 3.57. The van der Waals surface area contributed by atoms with Crippen molar-refractivity contribution in [2.45, 2.75) is 39.0 Å². The molecule has 2 heterocycles. The van der Waals surface area contributed by atoms with Crippen molar-refractivity contribution in [1.82, 2.24) is 9.88 Å². The van der Waals surface area contributed by atoms with E-state index < -0.39 is 0 Å². The van der Waals surface area contributed by atoms with Gasteiger partial charge in [0, 0.05) is 25.2 Å². The molecule has 0 aromatic carbocycles. The Hall–Kier alpha value is -1.29. The van der Waals surface area contributed by atoms with Crippen molar-refractivity contribution in [3.8, 4) is 0 Å². The van der Waals surface area contributed by atoms with E-state index in [1.165, 1.54) is 19.3 Å². The molecule has 1 aromatic heterocycles. The van der Waals surface area contributed by atoms with Crippen molar-refractivity contribution >= 4 is 23.3 Å². The molecule has 1 N–H and O–H groups in total. The summed E-state index contributed by atoms with van der Waals surface area (Å²) in [6.07, 6.45) is 5.88. The Bertz CT molecular complexity index is 456. The molecular weight excluding hydrogens is 274 g/mol. The van der Waals surface area contributed by atoms with Crippen LogP contribution < -0.4 is 5.32 Å². The first kappa shape index (κ1) is 15.1. The number of pyridine rings is 1. The molecule has 110 valence electrons. The van der Waals surface area contributed by atoms with E-state index in [4.69, 9.17) is 11.6 Å². The van der Waals surface area contributed by atoms with Gasteiger partial charge >= 0.3 is 0 Å². The average molecular weight is 296 g/mol. The second-order valence-corrected chi connectivity index (χ2v) is 5.54. The fourth-order valence-electron chi connectivity index (χ4n) is 2.53. The number of hydrogen-bond acceptors (Lipinski definition) is 3. The summed E-state index contributed by atoms with van der Waals surface area (Å²) in [6.45, 7) is 4.43. The Morgan fingerprint density at radius 1 is 1.25 bits per heavy atom. The summed E-state index contributed by atoms with van der Waals surface area (Å²) >= 11 is 6.01. The van der Waals surface area contributed by atoms with Crippen molar-refractivity contribution in [1.29, 1.82) is 0 Å². The van der Waals surface area contributed by atoms with Gasteiger partial charge in [0.05, 0.1) is 0 Å². The molecular formula is C15H22ClN3O. The van der Waals surface area contributed by atoms with Crippen LogP contribution in [0.4, 0.5) is 5.82 Å². The van der Waals surface area contributed by atoms with E-state index in [1.54, 1.807) is 12.1 Å². The van der Waals surface area contributed by atoms with Gasteiger partial charge in [-0.25, -0.2) is 4.98 Å². The van der Waals surface area contributed by atoms with Gasteiger partial charge in [0.2, 0.25) is 0 Å². The van der Waals surface area contributed by atoms with Gasteiger partial charge in [-0.05, 0) is 31.9 Å². The molecule has 1 aliphatic heterocycles. The molecule has 5 heteroatoms. The SMILES string of the molecule is CCNc1cc(C(=O)N2CCCCCCC2)cc(Cl)n1. The predicted molar refractivity (Wildman–Crippen MR) is 82.4 cm³/mol. The third-order valence-corrected chi connectivity index (χ3v) is 3.74. The number of likely N-dealkylation sites (tertiary alicyclic amines) is 1. The zero-order valence-electron chi connectivity index (χ0n) is 12.0. The highest BCUT2D eigenvalue weighted by atomic mass is 35.5. The molecule has 0 saturated carbocycles. The van der Waals surface area contributed by atoms with Crippen LogP contribution in [0, 0.1) is 0 Å². The molecule has 1 aromatic rings. The number of nitrogens with zero attached hydrogens (tertiary/aromatic N) is 2. The molecule has 0 unspecified atom stereocenters. The molecule has 1 aliphatic rings. The maximum Gasteiger partial charge on any atom is 0.254 e. The molecule has 0 aliphatic carbocycles. The molecule has 2 rings (SSSR count). The second-order valence-electron chi connectivity index (χ2n) is 5.15. The van der Waals surface area contributed by atoms with Crippen LogP contribution in [0.25, 0.3) is 0 Å². The van der Waals surface area contributed by atoms with E-state index in [-0.39, 0.29) is 5.91 Å². The third-order valence-electron chi connectivity index (χ3n) is 3.54. The lowest BCUT2D eigenvalue weighted by molar-refractivity contribution is 0.0742. The Labute approximate surface area is 125 Å². The largest absolute Gasteiger partial charge is 0.370 e. The number of carbonyl (C=O) groups is 1. The van der Waals surface area contributed by atoms with E-state index in [2.05, 4.69) is 10.3 Å². The number of aromatic nitrogens is 1. The van der Waals surface area contributed by atoms with Crippen molar-refractivity contribution < 1.29 is 4.79 Å². The van der Waals surface area contributed by atoms with Gasteiger partial charge in [0.25, 0.3) is 5.91 Å². The van der Waals surface area contributed by atoms with E-state index in [1.807, 2.05) is 11.8 Å². The molecule has 0 radical (unpaired) electrons. The fraction of sp³-hybridized carbons (Fsp3) is 0.600. The number of rotatable bonds is 3. The van der Waals surface area contributed by atoms with Crippen LogP contribution in [0.2, 0.25) is 5.15 Å². The first-order chi connectivity index (χ1) is 9.70. The standard InChI is InChI=1S/C15H22ClN3O/c1-2-17-14-11-12(10-13(16)18-14)15(20)19-8-6-4-3-5-7-9-19/h10-11H,2-9H2,1H3,(H,17,18). The Kier molecular flexibility index (Phi) is 5.65. The molecule has 0 bridgehead atoms. The maximum atomic E-state index is 12.6. The lowest BCUT2D eigenvalue weighted by Crippen LogP contribution is -2.33. The molecule has 0 atom stereocenters. The maximum absolute atomic E-state index is 12.6. The Morgan fingerprint density at radius 3 is 2.55 bits per heavy atom. The molecule has 1 fully saturated rings. The van der Waals surface area contributed by atoms with Gasteiger partial charge < -0.3 is 10.2 Å². The van der Waals surface area contributed by atoms with Crippen LogP contribution in [0.3, 0.4) is 0 Å². The van der Waals surface area contributed by atoms with Gasteiger partial charge in [-0.1, -0.05) is 30.9 Å². The first-order valence-electron chi connectivity index (χ1n) is 7.41. The van der Waals surface area contributed by atoms with Gasteiger partial charge in [-0.15, -0.1) is 0 Å². The number of carbonyl (C=O) groups excluding carboxylic acids is 1. The normalized spacial score (nSPS) is 16.4. The molecule has 0 spiro atoms. The lowest BCUT2D eigenvalue weighted by atomic mass is 10.1. The fourth-order valence-corrected chi connectivity index (χ4v) is 2.73. The summed E-state index contributed by atoms with van der Waals surface area (Å²) in [5.41, 5.74) is 0.626. The van der Waals surface area contributed by atoms with Crippen molar-refractivity contribution in [2.24, 2.45) is 0 Å². The van der Waals surface area contributed by atoms with Crippen LogP contribution in [0.1, 0.15) is 49.4 Å². The zero-order chi connectivity index (χ0) is 14.4. The van der Waals surface area contributed by atoms with Crippen LogP contribution >= 0.6 is 11.6 Å². The number of amides is 1. The summed E-state index contributed by atoms with van der Waals surface area (Å²) in [5, 5.41) is 3.46. The highest BCUT2D eigenvalue weighted by Crippen LogP contribution is 2.18. The van der Waals surface area contributed by atoms with Crippen LogP contribution in [-0.2, 0) is 0 Å². The van der Waals surface area contributed by atoms with E-state index >= 15 is 0 Å². The minimum absolute atomic E-state index is 0.0651. The summed E-state index contributed by atoms with van der Waals surface area (Å²) in [7, 11) is 0. The van der Waals surface area contributed by atoms with E-state index in [0.717, 1.165) is 32.5 Å². The zero-order valence-corrected chi connectivity index (χ0v) is 12.7. The Morgan fingerprint density at radius 2 is 1.90 bits per heavy atom. The molecule has 4 nitrogen and oxygen atoms in total. The van der Waals surface area contributed by atoms with Gasteiger partial charge in [0.1, 0.15) is 11.0 Å². The topological polar surface area (TPSA) is 45.2 Å². The third kappa shape index (κ3) is 4.10. The number of anilines is 1. The highest BCUT2D eigenvalue weighted by molar-refractivity contribution is 6.29. The summed E-state index contributed by atoms with van der Waals surface area (Å²) < 4.78 is 0. The number of halogens is 1. The van der Waals surface area contributed by atoms with Gasteiger partial charge in [-0.3, -0.25) is 4.79 Å². The van der Waals surface area contributed by atoms with Crippen LogP contribution in [-0.4, -0.2) is 35.4 Å². The van der Waals surface area contributed by atoms with Crippen molar-refractivity contribution in [2.75, 3.05) is 25.0 Å². The van der Waals surface area contributed by atoms with Gasteiger partial charge in [0.15, 0.2) is 0 Å². The molecule has 1 amide bonds. The summed E-state index contributed by atoms with van der Waals surface area (Å²) in [6, 6.07) is 3.44. The minimum atomic E-state index is 0.0651. The Balaban J connectivity index is 2.14.